The fourth-order valence-electron chi connectivity index (χ4n) is 3.21. The maximum Gasteiger partial charge on any atom is 0.143 e. The molecule has 3 rings (SSSR count). The molecule has 1 aliphatic heterocycles. The fraction of sp³-hybridized carbons (Fsp3) is 0.368. The van der Waals surface area contributed by atoms with Gasteiger partial charge in [-0.25, -0.2) is 0 Å². The number of ether oxygens (including phenoxy) is 1. The van der Waals surface area contributed by atoms with Gasteiger partial charge >= 0.3 is 0 Å². The number of nitrogens with zero attached hydrogens (tertiary/aromatic N) is 1. The van der Waals surface area contributed by atoms with E-state index >= 15 is 0 Å². The zero-order valence-corrected chi connectivity index (χ0v) is 13.5. The maximum absolute atomic E-state index is 10.5. The first-order chi connectivity index (χ1) is 11.0. The Morgan fingerprint density at radius 1 is 1.09 bits per heavy atom. The van der Waals surface area contributed by atoms with Crippen LogP contribution in [-0.2, 0) is 0 Å². The molecule has 0 saturated carbocycles. The van der Waals surface area contributed by atoms with Crippen molar-refractivity contribution in [1.29, 1.82) is 0 Å². The van der Waals surface area contributed by atoms with Gasteiger partial charge in [0, 0.05) is 0 Å². The molecule has 2 atom stereocenters. The number of fused-ring (bicyclic) bond motifs is 1. The first-order valence-corrected chi connectivity index (χ1v) is 7.90. The van der Waals surface area contributed by atoms with Crippen molar-refractivity contribution in [2.24, 2.45) is 0 Å². The van der Waals surface area contributed by atoms with Crippen molar-refractivity contribution < 1.29 is 14.9 Å². The molecule has 0 fully saturated rings. The van der Waals surface area contributed by atoms with Crippen LogP contribution in [0.25, 0.3) is 0 Å². The molecular formula is C19H23NO3. The number of aliphatic hydroxyl groups is 2. The summed E-state index contributed by atoms with van der Waals surface area (Å²) >= 11 is 0. The molecule has 122 valence electrons. The van der Waals surface area contributed by atoms with E-state index in [1.165, 1.54) is 0 Å². The highest BCUT2D eigenvalue weighted by Gasteiger charge is 2.38. The van der Waals surface area contributed by atoms with Crippen molar-refractivity contribution in [3.05, 3.63) is 60.2 Å². The van der Waals surface area contributed by atoms with E-state index in [-0.39, 0.29) is 18.2 Å². The molecule has 0 unspecified atom stereocenters. The number of benzene rings is 2. The average molecular weight is 313 g/mol. The van der Waals surface area contributed by atoms with E-state index in [2.05, 4.69) is 4.90 Å². The lowest BCUT2D eigenvalue weighted by Gasteiger charge is -2.45. The van der Waals surface area contributed by atoms with Gasteiger partial charge < -0.3 is 19.8 Å². The minimum Gasteiger partial charge on any atom is -0.484 e. The highest BCUT2D eigenvalue weighted by Crippen LogP contribution is 2.42. The van der Waals surface area contributed by atoms with E-state index in [1.54, 1.807) is 0 Å². The lowest BCUT2D eigenvalue weighted by molar-refractivity contribution is 0.0543. The van der Waals surface area contributed by atoms with Gasteiger partial charge in [0.15, 0.2) is 0 Å². The summed E-state index contributed by atoms with van der Waals surface area (Å²) in [5, 5.41) is 20.1. The van der Waals surface area contributed by atoms with Crippen molar-refractivity contribution in [2.75, 3.05) is 18.1 Å². The van der Waals surface area contributed by atoms with Crippen LogP contribution in [-0.4, -0.2) is 35.1 Å². The zero-order valence-electron chi connectivity index (χ0n) is 13.5. The molecular weight excluding hydrogens is 290 g/mol. The second kappa shape index (κ2) is 6.22. The topological polar surface area (TPSA) is 52.9 Å². The second-order valence-corrected chi connectivity index (χ2v) is 6.56. The monoisotopic (exact) mass is 313 g/mol. The van der Waals surface area contributed by atoms with Gasteiger partial charge in [-0.2, -0.15) is 0 Å². The van der Waals surface area contributed by atoms with Crippen LogP contribution in [0.2, 0.25) is 0 Å². The molecule has 4 nitrogen and oxygen atoms in total. The predicted octanol–water partition coefficient (Wildman–Crippen LogP) is 2.76. The maximum atomic E-state index is 10.5. The summed E-state index contributed by atoms with van der Waals surface area (Å²) in [6.07, 6.45) is -0.876. The Kier molecular flexibility index (Phi) is 4.28. The van der Waals surface area contributed by atoms with Gasteiger partial charge in [0.2, 0.25) is 0 Å². The van der Waals surface area contributed by atoms with Crippen LogP contribution in [0.4, 0.5) is 5.69 Å². The Bertz CT molecular complexity index is 657. The third kappa shape index (κ3) is 3.19. The van der Waals surface area contributed by atoms with Crippen LogP contribution in [0.15, 0.2) is 54.6 Å². The molecule has 4 heteroatoms. The quantitative estimate of drug-likeness (QED) is 0.911. The second-order valence-electron chi connectivity index (χ2n) is 6.56. The highest BCUT2D eigenvalue weighted by molar-refractivity contribution is 5.62. The van der Waals surface area contributed by atoms with Gasteiger partial charge in [0.05, 0.1) is 24.9 Å². The summed E-state index contributed by atoms with van der Waals surface area (Å²) in [7, 11) is 0. The first kappa shape index (κ1) is 15.8. The largest absolute Gasteiger partial charge is 0.484 e. The molecule has 0 spiro atoms. The van der Waals surface area contributed by atoms with Crippen LogP contribution in [0.1, 0.15) is 25.5 Å². The normalized spacial score (nSPS) is 18.7. The third-order valence-electron chi connectivity index (χ3n) is 4.14. The van der Waals surface area contributed by atoms with E-state index in [0.29, 0.717) is 6.54 Å². The number of anilines is 1. The Hall–Kier alpha value is -2.04. The van der Waals surface area contributed by atoms with Crippen molar-refractivity contribution in [3.8, 4) is 5.75 Å². The molecule has 1 heterocycles. The van der Waals surface area contributed by atoms with E-state index in [9.17, 15) is 10.2 Å². The highest BCUT2D eigenvalue weighted by atomic mass is 16.5. The van der Waals surface area contributed by atoms with Gasteiger partial charge in [-0.3, -0.25) is 0 Å². The summed E-state index contributed by atoms with van der Waals surface area (Å²) in [6.45, 7) is 4.40. The van der Waals surface area contributed by atoms with E-state index in [4.69, 9.17) is 4.74 Å². The van der Waals surface area contributed by atoms with Gasteiger partial charge in [-0.15, -0.1) is 0 Å². The number of aliphatic hydroxyl groups excluding tert-OH is 2. The zero-order chi connectivity index (χ0) is 16.4. The molecule has 23 heavy (non-hydrogen) atoms. The number of para-hydroxylation sites is 2. The van der Waals surface area contributed by atoms with Crippen molar-refractivity contribution >= 4 is 5.69 Å². The molecule has 0 bridgehead atoms. The summed E-state index contributed by atoms with van der Waals surface area (Å²) in [4.78, 5) is 2.13. The minimum atomic E-state index is -0.876. The van der Waals surface area contributed by atoms with Crippen molar-refractivity contribution in [3.63, 3.8) is 0 Å². The summed E-state index contributed by atoms with van der Waals surface area (Å²) < 4.78 is 6.06. The summed E-state index contributed by atoms with van der Waals surface area (Å²) in [6, 6.07) is 17.3. The molecule has 0 amide bonds. The SMILES string of the molecule is CC1(C)CN([C@@H](c2ccccc2)[C@H](O)CO)c2ccccc2O1. The smallest absolute Gasteiger partial charge is 0.143 e. The molecule has 2 aromatic carbocycles. The molecule has 2 aromatic rings. The lowest BCUT2D eigenvalue weighted by Crippen LogP contribution is -2.51. The summed E-state index contributed by atoms with van der Waals surface area (Å²) in [5.74, 6) is 0.801. The van der Waals surface area contributed by atoms with Gasteiger partial charge in [-0.05, 0) is 31.5 Å². The van der Waals surface area contributed by atoms with Crippen LogP contribution in [0, 0.1) is 0 Å². The van der Waals surface area contributed by atoms with E-state index in [0.717, 1.165) is 17.0 Å². The first-order valence-electron chi connectivity index (χ1n) is 7.90. The Balaban J connectivity index is 2.08. The fourth-order valence-corrected chi connectivity index (χ4v) is 3.21. The molecule has 0 aliphatic carbocycles. The predicted molar refractivity (Wildman–Crippen MR) is 90.8 cm³/mol. The third-order valence-corrected chi connectivity index (χ3v) is 4.14. The minimum absolute atomic E-state index is 0.292. The van der Waals surface area contributed by atoms with Crippen LogP contribution in [0.5, 0.6) is 5.75 Å². The Morgan fingerprint density at radius 3 is 2.43 bits per heavy atom. The average Bonchev–Trinajstić information content (AvgIpc) is 2.55. The molecule has 0 aromatic heterocycles. The van der Waals surface area contributed by atoms with Gasteiger partial charge in [0.1, 0.15) is 17.5 Å². The number of hydrogen-bond donors (Lipinski definition) is 2. The van der Waals surface area contributed by atoms with Crippen molar-refractivity contribution in [1.82, 2.24) is 0 Å². The molecule has 1 aliphatic rings. The van der Waals surface area contributed by atoms with Gasteiger partial charge in [-0.1, -0.05) is 42.5 Å². The lowest BCUT2D eigenvalue weighted by atomic mass is 9.95. The number of hydrogen-bond acceptors (Lipinski definition) is 4. The summed E-state index contributed by atoms with van der Waals surface area (Å²) in [5.41, 5.74) is 1.53. The standard InChI is InChI=1S/C19H23NO3/c1-19(2)13-20(15-10-6-7-11-17(15)23-19)18(16(22)12-21)14-8-4-3-5-9-14/h3-11,16,18,21-22H,12-13H2,1-2H3/t16-,18+/m1/s1. The van der Waals surface area contributed by atoms with Crippen LogP contribution >= 0.6 is 0 Å². The van der Waals surface area contributed by atoms with Crippen molar-refractivity contribution in [2.45, 2.75) is 31.6 Å². The van der Waals surface area contributed by atoms with Crippen LogP contribution < -0.4 is 9.64 Å². The molecule has 0 radical (unpaired) electrons. The Labute approximate surface area is 136 Å². The number of rotatable bonds is 4. The Morgan fingerprint density at radius 2 is 1.74 bits per heavy atom. The van der Waals surface area contributed by atoms with E-state index < -0.39 is 6.10 Å². The molecule has 0 saturated heterocycles. The van der Waals surface area contributed by atoms with E-state index in [1.807, 2.05) is 68.4 Å². The van der Waals surface area contributed by atoms with Crippen LogP contribution in [0.3, 0.4) is 0 Å². The molecule has 2 N–H and O–H groups in total. The van der Waals surface area contributed by atoms with Gasteiger partial charge in [0.25, 0.3) is 0 Å².